The number of pyridine rings is 1. The lowest BCUT2D eigenvalue weighted by atomic mass is 10.4. The second-order valence-corrected chi connectivity index (χ2v) is 2.83. The quantitative estimate of drug-likeness (QED) is 0.674. The topological polar surface area (TPSA) is 69.6 Å². The maximum atomic E-state index is 11.3. The van der Waals surface area contributed by atoms with E-state index in [1.54, 1.807) is 22.7 Å². The molecule has 2 aromatic rings. The number of aromatic nitrogens is 2. The summed E-state index contributed by atoms with van der Waals surface area (Å²) in [6, 6.07) is 3.46. The highest BCUT2D eigenvalue weighted by atomic mass is 16.5. The predicted octanol–water partition coefficient (Wildman–Crippen LogP) is 0.703. The minimum absolute atomic E-state index is 0.370. The van der Waals surface area contributed by atoms with Gasteiger partial charge in [-0.25, -0.2) is 9.78 Å². The van der Waals surface area contributed by atoms with Gasteiger partial charge in [0.1, 0.15) is 5.65 Å². The minimum Gasteiger partial charge on any atom is -0.464 e. The molecule has 72 valence electrons. The predicted molar refractivity (Wildman–Crippen MR) is 50.9 cm³/mol. The number of fused-ring (bicyclic) bond motifs is 1. The summed E-state index contributed by atoms with van der Waals surface area (Å²) in [5.41, 5.74) is 7.20. The Morgan fingerprint density at radius 2 is 2.36 bits per heavy atom. The average molecular weight is 191 g/mol. The van der Waals surface area contributed by atoms with Crippen LogP contribution in [-0.4, -0.2) is 22.5 Å². The van der Waals surface area contributed by atoms with Gasteiger partial charge in [0, 0.05) is 11.9 Å². The number of imidazole rings is 1. The molecule has 0 radical (unpaired) electrons. The third kappa shape index (κ3) is 1.19. The number of nitrogen functional groups attached to an aromatic ring is 1. The lowest BCUT2D eigenvalue weighted by Gasteiger charge is -2.00. The molecule has 2 N–H and O–H groups in total. The van der Waals surface area contributed by atoms with Crippen LogP contribution in [0.2, 0.25) is 0 Å². The Bertz CT molecular complexity index is 490. The van der Waals surface area contributed by atoms with Crippen molar-refractivity contribution < 1.29 is 9.53 Å². The number of rotatable bonds is 1. The molecule has 0 saturated carbocycles. The summed E-state index contributed by atoms with van der Waals surface area (Å²) in [6.07, 6.45) is 3.09. The number of nitrogens with zero attached hydrogens (tertiary/aromatic N) is 2. The average Bonchev–Trinajstić information content (AvgIpc) is 2.59. The molecular weight excluding hydrogens is 182 g/mol. The molecule has 0 bridgehead atoms. The van der Waals surface area contributed by atoms with Crippen LogP contribution in [-0.2, 0) is 4.74 Å². The van der Waals surface area contributed by atoms with Crippen molar-refractivity contribution in [1.29, 1.82) is 0 Å². The minimum atomic E-state index is -0.428. The number of nitrogens with two attached hydrogens (primary N) is 1. The molecule has 0 aliphatic rings. The fourth-order valence-corrected chi connectivity index (χ4v) is 1.25. The summed E-state index contributed by atoms with van der Waals surface area (Å²) in [6.45, 7) is 0. The molecular formula is C9H9N3O2. The maximum Gasteiger partial charge on any atom is 0.356 e. The van der Waals surface area contributed by atoms with Crippen LogP contribution < -0.4 is 5.73 Å². The normalized spacial score (nSPS) is 10.4. The van der Waals surface area contributed by atoms with E-state index in [1.165, 1.54) is 13.3 Å². The van der Waals surface area contributed by atoms with E-state index >= 15 is 0 Å². The number of anilines is 1. The first-order valence-electron chi connectivity index (χ1n) is 4.03. The van der Waals surface area contributed by atoms with E-state index in [0.717, 1.165) is 0 Å². The van der Waals surface area contributed by atoms with Gasteiger partial charge in [-0.3, -0.25) is 4.40 Å². The van der Waals surface area contributed by atoms with Crippen LogP contribution in [0, 0.1) is 0 Å². The van der Waals surface area contributed by atoms with Crippen LogP contribution in [0.1, 0.15) is 10.5 Å². The maximum absolute atomic E-state index is 11.3. The fraction of sp³-hybridized carbons (Fsp3) is 0.111. The Kier molecular flexibility index (Phi) is 1.85. The van der Waals surface area contributed by atoms with Crippen molar-refractivity contribution in [2.75, 3.05) is 12.8 Å². The number of hydrogen-bond acceptors (Lipinski definition) is 4. The first-order valence-corrected chi connectivity index (χ1v) is 4.03. The zero-order chi connectivity index (χ0) is 10.1. The first-order chi connectivity index (χ1) is 6.72. The van der Waals surface area contributed by atoms with Gasteiger partial charge >= 0.3 is 5.97 Å². The van der Waals surface area contributed by atoms with Crippen molar-refractivity contribution >= 4 is 17.3 Å². The molecule has 5 heteroatoms. The van der Waals surface area contributed by atoms with Crippen molar-refractivity contribution in [3.05, 3.63) is 30.2 Å². The third-order valence-corrected chi connectivity index (χ3v) is 1.92. The zero-order valence-corrected chi connectivity index (χ0v) is 7.60. The fourth-order valence-electron chi connectivity index (χ4n) is 1.25. The van der Waals surface area contributed by atoms with E-state index in [4.69, 9.17) is 5.73 Å². The Balaban J connectivity index is 2.67. The van der Waals surface area contributed by atoms with Gasteiger partial charge in [0.05, 0.1) is 13.3 Å². The van der Waals surface area contributed by atoms with E-state index in [0.29, 0.717) is 17.0 Å². The second-order valence-electron chi connectivity index (χ2n) is 2.83. The molecule has 0 amide bonds. The van der Waals surface area contributed by atoms with Crippen LogP contribution >= 0.6 is 0 Å². The molecule has 0 aliphatic carbocycles. The number of carbonyl (C=O) groups excluding carboxylic acids is 1. The van der Waals surface area contributed by atoms with E-state index in [2.05, 4.69) is 9.72 Å². The largest absolute Gasteiger partial charge is 0.464 e. The van der Waals surface area contributed by atoms with Gasteiger partial charge in [0.2, 0.25) is 0 Å². The second kappa shape index (κ2) is 3.02. The van der Waals surface area contributed by atoms with Crippen LogP contribution in [0.15, 0.2) is 24.5 Å². The molecule has 5 nitrogen and oxygen atoms in total. The smallest absolute Gasteiger partial charge is 0.356 e. The van der Waals surface area contributed by atoms with Crippen molar-refractivity contribution in [1.82, 2.24) is 9.38 Å². The molecule has 2 rings (SSSR count). The Morgan fingerprint density at radius 1 is 1.57 bits per heavy atom. The number of esters is 1. The van der Waals surface area contributed by atoms with Gasteiger partial charge in [-0.1, -0.05) is 0 Å². The van der Waals surface area contributed by atoms with Crippen LogP contribution in [0.4, 0.5) is 5.69 Å². The molecule has 0 fully saturated rings. The van der Waals surface area contributed by atoms with Gasteiger partial charge in [-0.2, -0.15) is 0 Å². The summed E-state index contributed by atoms with van der Waals surface area (Å²) < 4.78 is 6.20. The highest BCUT2D eigenvalue weighted by Crippen LogP contribution is 2.10. The number of methoxy groups -OCH3 is 1. The number of hydrogen-bond donors (Lipinski definition) is 1. The highest BCUT2D eigenvalue weighted by Gasteiger charge is 2.11. The molecule has 0 unspecified atom stereocenters. The summed E-state index contributed by atoms with van der Waals surface area (Å²) in [5.74, 6) is -0.428. The highest BCUT2D eigenvalue weighted by molar-refractivity contribution is 5.88. The first kappa shape index (κ1) is 8.55. The van der Waals surface area contributed by atoms with Crippen LogP contribution in [0.25, 0.3) is 5.65 Å². The number of carbonyl (C=O) groups is 1. The van der Waals surface area contributed by atoms with Gasteiger partial charge < -0.3 is 10.5 Å². The summed E-state index contributed by atoms with van der Waals surface area (Å²) in [4.78, 5) is 15.3. The molecule has 0 atom stereocenters. The van der Waals surface area contributed by atoms with Crippen molar-refractivity contribution in [3.8, 4) is 0 Å². The molecule has 2 heterocycles. The van der Waals surface area contributed by atoms with Gasteiger partial charge in [0.25, 0.3) is 0 Å². The molecule has 0 saturated heterocycles. The molecule has 0 aliphatic heterocycles. The van der Waals surface area contributed by atoms with Crippen LogP contribution in [0.3, 0.4) is 0 Å². The lowest BCUT2D eigenvalue weighted by molar-refractivity contribution is 0.0593. The van der Waals surface area contributed by atoms with Crippen molar-refractivity contribution in [2.24, 2.45) is 0 Å². The van der Waals surface area contributed by atoms with Crippen LogP contribution in [0.5, 0.6) is 0 Å². The Labute approximate surface area is 80.1 Å². The Hall–Kier alpha value is -2.04. The number of ether oxygens (including phenoxy) is 1. The molecule has 14 heavy (non-hydrogen) atoms. The van der Waals surface area contributed by atoms with E-state index in [1.807, 2.05) is 0 Å². The van der Waals surface area contributed by atoms with E-state index < -0.39 is 5.97 Å². The van der Waals surface area contributed by atoms with Gasteiger partial charge in [0.15, 0.2) is 5.69 Å². The Morgan fingerprint density at radius 3 is 3.07 bits per heavy atom. The lowest BCUT2D eigenvalue weighted by Crippen LogP contribution is -2.05. The standard InChI is InChI=1S/C9H9N3O2/c1-14-9(13)7-4-11-8-3-2-6(10)5-12(7)8/h2-5H,10H2,1H3. The van der Waals surface area contributed by atoms with E-state index in [-0.39, 0.29) is 0 Å². The SMILES string of the molecule is COC(=O)c1cnc2ccc(N)cn12. The van der Waals surface area contributed by atoms with Crippen molar-refractivity contribution in [2.45, 2.75) is 0 Å². The van der Waals surface area contributed by atoms with Gasteiger partial charge in [-0.15, -0.1) is 0 Å². The summed E-state index contributed by atoms with van der Waals surface area (Å²) >= 11 is 0. The molecule has 2 aromatic heterocycles. The molecule has 0 spiro atoms. The monoisotopic (exact) mass is 191 g/mol. The third-order valence-electron chi connectivity index (χ3n) is 1.92. The van der Waals surface area contributed by atoms with E-state index in [9.17, 15) is 4.79 Å². The summed E-state index contributed by atoms with van der Waals surface area (Å²) in [5, 5.41) is 0. The van der Waals surface area contributed by atoms with Gasteiger partial charge in [-0.05, 0) is 12.1 Å². The van der Waals surface area contributed by atoms with Crippen molar-refractivity contribution in [3.63, 3.8) is 0 Å². The zero-order valence-electron chi connectivity index (χ0n) is 7.60. The molecule has 0 aromatic carbocycles. The summed E-state index contributed by atoms with van der Waals surface area (Å²) in [7, 11) is 1.33.